The number of benzene rings is 2. The van der Waals surface area contributed by atoms with Gasteiger partial charge in [0.05, 0.1) is 21.2 Å². The zero-order chi connectivity index (χ0) is 27.0. The lowest BCUT2D eigenvalue weighted by atomic mass is 10.1. The van der Waals surface area contributed by atoms with Gasteiger partial charge in [0.2, 0.25) is 0 Å². The highest BCUT2D eigenvalue weighted by atomic mass is 32.2. The molecule has 0 bridgehead atoms. The molecule has 2 aromatic carbocycles. The average molecular weight is 576 g/mol. The van der Waals surface area contributed by atoms with Crippen LogP contribution in [0.25, 0.3) is 21.1 Å². The number of aromatic nitrogens is 2. The van der Waals surface area contributed by atoms with Gasteiger partial charge < -0.3 is 0 Å². The molecule has 2 heterocycles. The molecule has 0 unspecified atom stereocenters. The fourth-order valence-corrected chi connectivity index (χ4v) is 6.53. The second kappa shape index (κ2) is 10.4. The lowest BCUT2D eigenvalue weighted by Crippen LogP contribution is -2.40. The van der Waals surface area contributed by atoms with Crippen molar-refractivity contribution in [2.75, 3.05) is 12.5 Å². The minimum Gasteiger partial charge on any atom is -0.287 e. The molecule has 0 amide bonds. The summed E-state index contributed by atoms with van der Waals surface area (Å²) in [5.74, 6) is 0. The lowest BCUT2D eigenvalue weighted by Gasteiger charge is -2.34. The summed E-state index contributed by atoms with van der Waals surface area (Å²) in [4.78, 5) is 12.5. The number of hydrogen-bond donors (Lipinski definition) is 0. The first-order chi connectivity index (χ1) is 17.2. The van der Waals surface area contributed by atoms with Gasteiger partial charge in [-0.1, -0.05) is 24.3 Å². The van der Waals surface area contributed by atoms with Crippen LogP contribution in [0.4, 0.5) is 0 Å². The number of thiazole rings is 2. The third-order valence-corrected chi connectivity index (χ3v) is 9.95. The summed E-state index contributed by atoms with van der Waals surface area (Å²) in [6, 6.07) is 13.6. The maximum atomic E-state index is 11.7. The van der Waals surface area contributed by atoms with E-state index in [2.05, 4.69) is 25.7 Å². The van der Waals surface area contributed by atoms with Crippen molar-refractivity contribution >= 4 is 42.3 Å². The van der Waals surface area contributed by atoms with Crippen molar-refractivity contribution < 1.29 is 16.8 Å². The van der Waals surface area contributed by atoms with Crippen LogP contribution in [0.2, 0.25) is 0 Å². The predicted molar refractivity (Wildman–Crippen MR) is 150 cm³/mol. The smallest absolute Gasteiger partial charge is 0.175 e. The molecule has 11 heteroatoms. The van der Waals surface area contributed by atoms with E-state index in [1.165, 1.54) is 35.2 Å². The lowest BCUT2D eigenvalue weighted by molar-refractivity contribution is 0.116. The van der Waals surface area contributed by atoms with Gasteiger partial charge in [0.1, 0.15) is 10.0 Å². The zero-order valence-electron chi connectivity index (χ0n) is 21.3. The maximum absolute atomic E-state index is 11.7. The molecule has 0 atom stereocenters. The van der Waals surface area contributed by atoms with Crippen molar-refractivity contribution in [2.45, 2.75) is 49.2 Å². The molecule has 0 saturated heterocycles. The predicted octanol–water partition coefficient (Wildman–Crippen LogP) is 5.54. The molecule has 0 radical (unpaired) electrons. The second-order valence-electron chi connectivity index (χ2n) is 9.91. The SMILES string of the molecule is CC(C)(C)N(Cc1csc(-c2ccc(S(C)(=O)=O)cc2)n1)Cc1csc(-c2ccc(S(C)(=O)=O)cc2)n1. The van der Waals surface area contributed by atoms with Crippen molar-refractivity contribution in [3.05, 3.63) is 70.7 Å². The molecular weight excluding hydrogens is 547 g/mol. The van der Waals surface area contributed by atoms with Gasteiger partial charge in [0.15, 0.2) is 19.7 Å². The van der Waals surface area contributed by atoms with Crippen molar-refractivity contribution in [1.29, 1.82) is 0 Å². The molecule has 37 heavy (non-hydrogen) atoms. The molecular formula is C26H29N3O4S4. The van der Waals surface area contributed by atoms with Gasteiger partial charge in [-0.3, -0.25) is 4.90 Å². The standard InChI is InChI=1S/C26H29N3O4S4/c1-26(2,3)29(14-20-16-34-24(27-20)18-6-10-22(11-7-18)36(4,30)31)15-21-17-35-25(28-21)19-8-12-23(13-9-19)37(5,32)33/h6-13,16-17H,14-15H2,1-5H3. The number of rotatable bonds is 8. The topological polar surface area (TPSA) is 97.3 Å². The first kappa shape index (κ1) is 27.6. The van der Waals surface area contributed by atoms with Crippen LogP contribution in [0.15, 0.2) is 69.1 Å². The van der Waals surface area contributed by atoms with Crippen LogP contribution in [-0.4, -0.2) is 49.8 Å². The van der Waals surface area contributed by atoms with E-state index in [-0.39, 0.29) is 5.54 Å². The largest absolute Gasteiger partial charge is 0.287 e. The van der Waals surface area contributed by atoms with Crippen LogP contribution in [0.3, 0.4) is 0 Å². The van der Waals surface area contributed by atoms with Crippen molar-refractivity contribution in [3.8, 4) is 21.1 Å². The normalized spacial score (nSPS) is 12.8. The Morgan fingerprint density at radius 3 is 1.32 bits per heavy atom. The summed E-state index contributed by atoms with van der Waals surface area (Å²) in [7, 11) is -6.47. The Kier molecular flexibility index (Phi) is 7.74. The Bertz CT molecular complexity index is 1480. The Balaban J connectivity index is 1.49. The fourth-order valence-electron chi connectivity index (χ4n) is 3.64. The van der Waals surface area contributed by atoms with Crippen molar-refractivity contribution in [3.63, 3.8) is 0 Å². The molecule has 0 aliphatic rings. The maximum Gasteiger partial charge on any atom is 0.175 e. The summed E-state index contributed by atoms with van der Waals surface area (Å²) in [6.45, 7) is 7.73. The van der Waals surface area contributed by atoms with Crippen LogP contribution in [0, 0.1) is 0 Å². The van der Waals surface area contributed by atoms with E-state index in [1.807, 2.05) is 10.8 Å². The Morgan fingerprint density at radius 1 is 0.676 bits per heavy atom. The summed E-state index contributed by atoms with van der Waals surface area (Å²) in [5.41, 5.74) is 3.51. The van der Waals surface area contributed by atoms with Crippen molar-refractivity contribution in [1.82, 2.24) is 14.9 Å². The Labute approximate surface area is 226 Å². The second-order valence-corrected chi connectivity index (χ2v) is 15.7. The summed E-state index contributed by atoms with van der Waals surface area (Å²) < 4.78 is 46.9. The molecule has 0 fully saturated rings. The van der Waals surface area contributed by atoms with Crippen LogP contribution in [0.1, 0.15) is 32.2 Å². The molecule has 0 aliphatic heterocycles. The quantitative estimate of drug-likeness (QED) is 0.272. The van der Waals surface area contributed by atoms with Crippen LogP contribution < -0.4 is 0 Å². The highest BCUT2D eigenvalue weighted by Crippen LogP contribution is 2.29. The molecule has 0 saturated carbocycles. The van der Waals surface area contributed by atoms with Crippen LogP contribution in [-0.2, 0) is 32.8 Å². The van der Waals surface area contributed by atoms with E-state index in [4.69, 9.17) is 9.97 Å². The Morgan fingerprint density at radius 2 is 1.03 bits per heavy atom. The van der Waals surface area contributed by atoms with E-state index in [9.17, 15) is 16.8 Å². The number of nitrogens with zero attached hydrogens (tertiary/aromatic N) is 3. The van der Waals surface area contributed by atoms with E-state index >= 15 is 0 Å². The monoisotopic (exact) mass is 575 g/mol. The average Bonchev–Trinajstić information content (AvgIpc) is 3.47. The minimum atomic E-state index is -3.24. The molecule has 0 aliphatic carbocycles. The summed E-state index contributed by atoms with van der Waals surface area (Å²) in [6.07, 6.45) is 2.40. The fraction of sp³-hybridized carbons (Fsp3) is 0.308. The third kappa shape index (κ3) is 6.91. The van der Waals surface area contributed by atoms with Gasteiger partial charge in [-0.2, -0.15) is 0 Å². The highest BCUT2D eigenvalue weighted by molar-refractivity contribution is 7.91. The van der Waals surface area contributed by atoms with Gasteiger partial charge in [-0.25, -0.2) is 26.8 Å². The molecule has 4 aromatic rings. The van der Waals surface area contributed by atoms with Crippen LogP contribution >= 0.6 is 22.7 Å². The van der Waals surface area contributed by atoms with E-state index in [0.29, 0.717) is 22.9 Å². The number of hydrogen-bond acceptors (Lipinski definition) is 9. The molecule has 4 rings (SSSR count). The first-order valence-electron chi connectivity index (χ1n) is 11.4. The van der Waals surface area contributed by atoms with E-state index in [0.717, 1.165) is 32.5 Å². The highest BCUT2D eigenvalue weighted by Gasteiger charge is 2.24. The Hall–Kier alpha value is -2.44. The third-order valence-electron chi connectivity index (χ3n) is 5.82. The first-order valence-corrected chi connectivity index (χ1v) is 17.0. The van der Waals surface area contributed by atoms with Gasteiger partial charge in [0, 0.05) is 53.0 Å². The molecule has 7 nitrogen and oxygen atoms in total. The molecule has 0 N–H and O–H groups in total. The van der Waals surface area contributed by atoms with Crippen molar-refractivity contribution in [2.24, 2.45) is 0 Å². The van der Waals surface area contributed by atoms with E-state index in [1.54, 1.807) is 48.5 Å². The molecule has 196 valence electrons. The van der Waals surface area contributed by atoms with Gasteiger partial charge >= 0.3 is 0 Å². The zero-order valence-corrected chi connectivity index (χ0v) is 24.6. The summed E-state index contributed by atoms with van der Waals surface area (Å²) >= 11 is 3.07. The van der Waals surface area contributed by atoms with Crippen LogP contribution in [0.5, 0.6) is 0 Å². The van der Waals surface area contributed by atoms with E-state index < -0.39 is 19.7 Å². The molecule has 0 spiro atoms. The molecule has 2 aromatic heterocycles. The van der Waals surface area contributed by atoms with Gasteiger partial charge in [-0.15, -0.1) is 22.7 Å². The van der Waals surface area contributed by atoms with Gasteiger partial charge in [-0.05, 0) is 45.0 Å². The minimum absolute atomic E-state index is 0.137. The number of sulfone groups is 2. The van der Waals surface area contributed by atoms with Gasteiger partial charge in [0.25, 0.3) is 0 Å². The summed E-state index contributed by atoms with van der Waals surface area (Å²) in [5, 5.41) is 5.76.